The maximum atomic E-state index is 3.14. The summed E-state index contributed by atoms with van der Waals surface area (Å²) >= 11 is 3.51. The van der Waals surface area contributed by atoms with Gasteiger partial charge in [-0.25, -0.2) is 6.07 Å². The summed E-state index contributed by atoms with van der Waals surface area (Å²) in [4.78, 5) is 2.96. The molecule has 0 fully saturated rings. The minimum atomic E-state index is 0. The van der Waals surface area contributed by atoms with Gasteiger partial charge in [-0.15, -0.1) is 10.3 Å². The number of thiophene rings is 1. The minimum Gasteiger partial charge on any atom is -0.300 e. The SMILES string of the molecule is C.C.C.C.C.C.C1=CC=C(CCCCCCc2cc[c-]s2)[S+]=1.[Sn].[Sn]. The van der Waals surface area contributed by atoms with Crippen molar-refractivity contribution in [2.45, 2.75) is 83.1 Å². The van der Waals surface area contributed by atoms with Crippen LogP contribution in [-0.2, 0) is 17.8 Å². The summed E-state index contributed by atoms with van der Waals surface area (Å²) in [5.74, 6) is 0. The second kappa shape index (κ2) is 28.7. The van der Waals surface area contributed by atoms with Crippen LogP contribution >= 0.6 is 11.3 Å². The van der Waals surface area contributed by atoms with Crippen LogP contribution in [0.25, 0.3) is 0 Å². The molecule has 24 heavy (non-hydrogen) atoms. The number of aryl methyl sites for hydroxylation is 1. The number of hydrogen-bond acceptors (Lipinski definition) is 1. The standard InChI is InChI=1S/C14H16S2.6CH4.2Sn/c1(3-7-13-9-5-11-15-13)2-4-8-14-10-6-12-16-14;;;;;;;;/h5-6,9-10H,1-4,7-8H2;6*1H4;;. The molecule has 0 nitrogen and oxygen atoms in total. The van der Waals surface area contributed by atoms with Crippen molar-refractivity contribution in [3.05, 3.63) is 39.4 Å². The van der Waals surface area contributed by atoms with Gasteiger partial charge in [-0.2, -0.15) is 6.07 Å². The molecular weight excluding hydrogens is 542 g/mol. The zero-order valence-corrected chi connectivity index (χ0v) is 17.7. The van der Waals surface area contributed by atoms with Crippen molar-refractivity contribution < 1.29 is 0 Å². The molecule has 1 aromatic rings. The summed E-state index contributed by atoms with van der Waals surface area (Å²) in [6, 6.07) is 4.21. The van der Waals surface area contributed by atoms with Crippen LogP contribution in [0, 0.1) is 5.38 Å². The topological polar surface area (TPSA) is 0 Å². The third-order valence-electron chi connectivity index (χ3n) is 2.65. The predicted octanol–water partition coefficient (Wildman–Crippen LogP) is 7.03. The van der Waals surface area contributed by atoms with Crippen molar-refractivity contribution >= 4 is 75.5 Å². The Bertz CT molecular complexity index is 403. The van der Waals surface area contributed by atoms with Crippen molar-refractivity contribution in [2.24, 2.45) is 0 Å². The van der Waals surface area contributed by atoms with Crippen LogP contribution in [0.3, 0.4) is 0 Å². The molecule has 140 valence electrons. The van der Waals surface area contributed by atoms with Gasteiger partial charge < -0.3 is 11.3 Å². The van der Waals surface area contributed by atoms with Crippen molar-refractivity contribution in [1.82, 2.24) is 0 Å². The fraction of sp³-hybridized carbons (Fsp3) is 0.600. The zero-order chi connectivity index (χ0) is 11.1. The van der Waals surface area contributed by atoms with E-state index < -0.39 is 0 Å². The number of rotatable bonds is 7. The molecule has 1 aliphatic heterocycles. The third kappa shape index (κ3) is 19.2. The fourth-order valence-electron chi connectivity index (χ4n) is 1.76. The maximum absolute atomic E-state index is 3.14. The number of hydrogen-bond donors (Lipinski definition) is 0. The van der Waals surface area contributed by atoms with Crippen molar-refractivity contribution in [1.29, 1.82) is 0 Å². The molecule has 0 aromatic carbocycles. The Kier molecular flexibility index (Phi) is 53.1. The van der Waals surface area contributed by atoms with Gasteiger partial charge >= 0.3 is 0 Å². The summed E-state index contributed by atoms with van der Waals surface area (Å²) in [6.45, 7) is 0. The molecule has 0 atom stereocenters. The molecular formula is C20H40S2Sn2. The Hall–Kier alpha value is 0.907. The van der Waals surface area contributed by atoms with E-state index in [0.29, 0.717) is 0 Å². The molecule has 0 N–H and O–H groups in total. The van der Waals surface area contributed by atoms with Crippen LogP contribution in [0.1, 0.15) is 81.5 Å². The molecule has 0 saturated carbocycles. The zero-order valence-electron chi connectivity index (χ0n) is 10.4. The van der Waals surface area contributed by atoms with Gasteiger partial charge in [0.1, 0.15) is 0 Å². The van der Waals surface area contributed by atoms with E-state index in [1.165, 1.54) is 48.3 Å². The largest absolute Gasteiger partial charge is 0.300 e. The Morgan fingerprint density at radius 1 is 0.875 bits per heavy atom. The monoisotopic (exact) mass is 584 g/mol. The van der Waals surface area contributed by atoms with Gasteiger partial charge in [-0.1, -0.05) is 70.2 Å². The normalized spacial score (nSPS) is 8.92. The summed E-state index contributed by atoms with van der Waals surface area (Å²) in [5.41, 5.74) is 0. The first-order valence-electron chi connectivity index (χ1n) is 5.84. The molecule has 2 rings (SSSR count). The van der Waals surface area contributed by atoms with E-state index in [4.69, 9.17) is 0 Å². The first-order chi connectivity index (χ1) is 7.95. The molecule has 4 heteroatoms. The number of allylic oxidation sites excluding steroid dienone is 3. The Labute approximate surface area is 196 Å². The van der Waals surface area contributed by atoms with E-state index in [1.807, 2.05) is 12.1 Å². The van der Waals surface area contributed by atoms with E-state index in [1.54, 1.807) is 22.7 Å². The molecule has 0 bridgehead atoms. The van der Waals surface area contributed by atoms with Crippen LogP contribution in [-0.4, -0.2) is 52.8 Å². The summed E-state index contributed by atoms with van der Waals surface area (Å²) < 4.78 is 0. The molecule has 0 amide bonds. The summed E-state index contributed by atoms with van der Waals surface area (Å²) in [7, 11) is 0. The van der Waals surface area contributed by atoms with E-state index in [2.05, 4.69) is 22.5 Å². The summed E-state index contributed by atoms with van der Waals surface area (Å²) in [5, 5.41) is 6.28. The Balaban J connectivity index is -0.0000000722. The number of unbranched alkanes of at least 4 members (excludes halogenated alkanes) is 3. The molecule has 8 radical (unpaired) electrons. The van der Waals surface area contributed by atoms with Gasteiger partial charge in [0, 0.05) is 66.4 Å². The smallest absolute Gasteiger partial charge is 0.275 e. The van der Waals surface area contributed by atoms with Crippen molar-refractivity contribution in [2.75, 3.05) is 0 Å². The van der Waals surface area contributed by atoms with Gasteiger partial charge in [-0.05, 0) is 6.42 Å². The van der Waals surface area contributed by atoms with Crippen LogP contribution in [0.2, 0.25) is 0 Å². The molecule has 0 spiro atoms. The minimum absolute atomic E-state index is 0. The van der Waals surface area contributed by atoms with Crippen LogP contribution in [0.15, 0.2) is 29.2 Å². The second-order valence-corrected chi connectivity index (χ2v) is 5.88. The average Bonchev–Trinajstić information content (AvgIpc) is 2.96. The second-order valence-electron chi connectivity index (χ2n) is 3.95. The fourth-order valence-corrected chi connectivity index (χ4v) is 3.10. The van der Waals surface area contributed by atoms with Gasteiger partial charge in [-0.3, -0.25) is 0 Å². The van der Waals surface area contributed by atoms with Crippen molar-refractivity contribution in [3.63, 3.8) is 0 Å². The molecule has 1 aliphatic rings. The Morgan fingerprint density at radius 2 is 1.46 bits per heavy atom. The van der Waals surface area contributed by atoms with Gasteiger partial charge in [0.2, 0.25) is 4.91 Å². The third-order valence-corrected chi connectivity index (χ3v) is 4.36. The Morgan fingerprint density at radius 3 is 1.92 bits per heavy atom. The quantitative estimate of drug-likeness (QED) is 0.107. The van der Waals surface area contributed by atoms with Crippen molar-refractivity contribution in [3.8, 4) is 0 Å². The van der Waals surface area contributed by atoms with E-state index in [0.717, 1.165) is 0 Å². The first-order valence-corrected chi connectivity index (χ1v) is 7.48. The molecule has 0 aliphatic carbocycles. The van der Waals surface area contributed by atoms with Gasteiger partial charge in [0.15, 0.2) is 5.02 Å². The van der Waals surface area contributed by atoms with Crippen LogP contribution in [0.5, 0.6) is 0 Å². The van der Waals surface area contributed by atoms with Gasteiger partial charge in [0.25, 0.3) is 11.4 Å². The van der Waals surface area contributed by atoms with E-state index >= 15 is 0 Å². The van der Waals surface area contributed by atoms with Crippen LogP contribution < -0.4 is 0 Å². The van der Waals surface area contributed by atoms with E-state index in [-0.39, 0.29) is 92.4 Å². The maximum Gasteiger partial charge on any atom is 0.275 e. The average molecular weight is 582 g/mol. The van der Waals surface area contributed by atoms with E-state index in [9.17, 15) is 0 Å². The first kappa shape index (κ1) is 44.4. The van der Waals surface area contributed by atoms with Gasteiger partial charge in [0.05, 0.1) is 0 Å². The van der Waals surface area contributed by atoms with Crippen LogP contribution in [0.4, 0.5) is 0 Å². The molecule has 0 saturated heterocycles. The molecule has 2 heterocycles. The summed E-state index contributed by atoms with van der Waals surface area (Å²) in [6.07, 6.45) is 12.0. The predicted molar refractivity (Wildman–Crippen MR) is 127 cm³/mol. The molecule has 0 unspecified atom stereocenters. The molecule has 1 aromatic heterocycles.